The molecule has 1 unspecified atom stereocenters. The van der Waals surface area contributed by atoms with E-state index in [0.29, 0.717) is 36.9 Å². The molecule has 27 heavy (non-hydrogen) atoms. The molecule has 1 aliphatic heterocycles. The highest BCUT2D eigenvalue weighted by molar-refractivity contribution is 5.69. The molecule has 146 valence electrons. The van der Waals surface area contributed by atoms with E-state index >= 15 is 0 Å². The Kier molecular flexibility index (Phi) is 5.41. The Morgan fingerprint density at radius 2 is 2.19 bits per heavy atom. The van der Waals surface area contributed by atoms with Gasteiger partial charge in [-0.15, -0.1) is 0 Å². The highest BCUT2D eigenvalue weighted by Gasteiger charge is 2.35. The average molecular weight is 384 g/mol. The molecule has 1 saturated heterocycles. The summed E-state index contributed by atoms with van der Waals surface area (Å²) in [7, 11) is 1.53. The lowest BCUT2D eigenvalue weighted by atomic mass is 9.96. The lowest BCUT2D eigenvalue weighted by Gasteiger charge is -2.14. The number of carboxylic acids is 1. The summed E-state index contributed by atoms with van der Waals surface area (Å²) < 4.78 is 50.7. The van der Waals surface area contributed by atoms with E-state index in [4.69, 9.17) is 14.6 Å². The van der Waals surface area contributed by atoms with Crippen LogP contribution in [0.15, 0.2) is 24.3 Å². The van der Waals surface area contributed by atoms with Gasteiger partial charge in [0, 0.05) is 18.8 Å². The SMILES string of the molecule is COc1ccc(-c2cc(C(F)(F)F)nn2CC(=O)O)cc1CC1CCOC1. The van der Waals surface area contributed by atoms with E-state index in [1.54, 1.807) is 18.2 Å². The van der Waals surface area contributed by atoms with Gasteiger partial charge in [-0.2, -0.15) is 18.3 Å². The molecule has 3 rings (SSSR count). The molecule has 0 saturated carbocycles. The molecule has 0 bridgehead atoms. The van der Waals surface area contributed by atoms with E-state index in [9.17, 15) is 18.0 Å². The molecule has 2 aromatic rings. The Hall–Kier alpha value is -2.55. The predicted molar refractivity (Wildman–Crippen MR) is 89.5 cm³/mol. The number of aromatic nitrogens is 2. The minimum atomic E-state index is -4.66. The van der Waals surface area contributed by atoms with E-state index in [2.05, 4.69) is 5.10 Å². The highest BCUT2D eigenvalue weighted by Crippen LogP contribution is 2.34. The van der Waals surface area contributed by atoms with Crippen LogP contribution >= 0.6 is 0 Å². The van der Waals surface area contributed by atoms with E-state index in [1.165, 1.54) is 7.11 Å². The first kappa shape index (κ1) is 19.2. The highest BCUT2D eigenvalue weighted by atomic mass is 19.4. The third-order valence-corrected chi connectivity index (χ3v) is 4.46. The molecule has 0 spiro atoms. The van der Waals surface area contributed by atoms with Crippen LogP contribution in [0.4, 0.5) is 13.2 Å². The Bertz CT molecular complexity index is 826. The van der Waals surface area contributed by atoms with Crippen molar-refractivity contribution >= 4 is 5.97 Å². The molecule has 1 fully saturated rings. The number of hydrogen-bond donors (Lipinski definition) is 1. The molecule has 1 N–H and O–H groups in total. The maximum atomic E-state index is 13.0. The number of nitrogens with zero attached hydrogens (tertiary/aromatic N) is 2. The summed E-state index contributed by atoms with van der Waals surface area (Å²) in [6, 6.07) is 5.87. The summed E-state index contributed by atoms with van der Waals surface area (Å²) in [6.07, 6.45) is -3.09. The van der Waals surface area contributed by atoms with Crippen LogP contribution < -0.4 is 4.74 Å². The van der Waals surface area contributed by atoms with Gasteiger partial charge in [-0.1, -0.05) is 0 Å². The second-order valence-corrected chi connectivity index (χ2v) is 6.42. The smallest absolute Gasteiger partial charge is 0.435 e. The zero-order chi connectivity index (χ0) is 19.6. The van der Waals surface area contributed by atoms with E-state index in [1.807, 2.05) is 0 Å². The number of rotatable bonds is 6. The fourth-order valence-corrected chi connectivity index (χ4v) is 3.19. The molecule has 2 heterocycles. The Labute approximate surface area is 153 Å². The van der Waals surface area contributed by atoms with Crippen molar-refractivity contribution in [1.29, 1.82) is 0 Å². The zero-order valence-corrected chi connectivity index (χ0v) is 14.6. The summed E-state index contributed by atoms with van der Waals surface area (Å²) >= 11 is 0. The average Bonchev–Trinajstić information content (AvgIpc) is 3.23. The topological polar surface area (TPSA) is 73.6 Å². The largest absolute Gasteiger partial charge is 0.496 e. The number of aliphatic carboxylic acids is 1. The lowest BCUT2D eigenvalue weighted by molar-refractivity contribution is -0.143. The van der Waals surface area contributed by atoms with Crippen LogP contribution in [0.3, 0.4) is 0 Å². The first-order valence-corrected chi connectivity index (χ1v) is 8.40. The standard InChI is InChI=1S/C18H19F3N2O4/c1-26-15-3-2-12(7-13(15)6-11-4-5-27-10-11)14-8-16(18(19,20)21)22-23(14)9-17(24)25/h2-3,7-8,11H,4-6,9-10H2,1H3,(H,24,25). The number of benzene rings is 1. The zero-order valence-electron chi connectivity index (χ0n) is 14.6. The molecule has 6 nitrogen and oxygen atoms in total. The first-order valence-electron chi connectivity index (χ1n) is 8.40. The minimum absolute atomic E-state index is 0.0938. The molecule has 9 heteroatoms. The van der Waals surface area contributed by atoms with Gasteiger partial charge in [0.05, 0.1) is 12.8 Å². The van der Waals surface area contributed by atoms with Gasteiger partial charge in [-0.25, -0.2) is 0 Å². The van der Waals surface area contributed by atoms with Crippen LogP contribution in [0.2, 0.25) is 0 Å². The van der Waals surface area contributed by atoms with Gasteiger partial charge in [0.2, 0.25) is 0 Å². The van der Waals surface area contributed by atoms with Gasteiger partial charge in [0.15, 0.2) is 5.69 Å². The monoisotopic (exact) mass is 384 g/mol. The van der Waals surface area contributed by atoms with Crippen molar-refractivity contribution < 1.29 is 32.5 Å². The van der Waals surface area contributed by atoms with Crippen molar-refractivity contribution in [3.8, 4) is 17.0 Å². The number of ether oxygens (including phenoxy) is 2. The van der Waals surface area contributed by atoms with Crippen molar-refractivity contribution in [3.63, 3.8) is 0 Å². The Morgan fingerprint density at radius 3 is 2.78 bits per heavy atom. The lowest BCUT2D eigenvalue weighted by Crippen LogP contribution is -2.13. The van der Waals surface area contributed by atoms with Crippen LogP contribution in [0, 0.1) is 5.92 Å². The third-order valence-electron chi connectivity index (χ3n) is 4.46. The van der Waals surface area contributed by atoms with Crippen molar-refractivity contribution in [2.24, 2.45) is 5.92 Å². The fourth-order valence-electron chi connectivity index (χ4n) is 3.19. The number of alkyl halides is 3. The molecule has 1 atom stereocenters. The summed E-state index contributed by atoms with van der Waals surface area (Å²) in [6.45, 7) is 0.652. The fraction of sp³-hybridized carbons (Fsp3) is 0.444. The third kappa shape index (κ3) is 4.41. The molecule has 1 aromatic heterocycles. The van der Waals surface area contributed by atoms with Crippen molar-refractivity contribution in [2.45, 2.75) is 25.6 Å². The van der Waals surface area contributed by atoms with Crippen molar-refractivity contribution in [1.82, 2.24) is 9.78 Å². The number of hydrogen-bond acceptors (Lipinski definition) is 4. The van der Waals surface area contributed by atoms with E-state index < -0.39 is 24.4 Å². The minimum Gasteiger partial charge on any atom is -0.496 e. The molecular weight excluding hydrogens is 365 g/mol. The maximum absolute atomic E-state index is 13.0. The van der Waals surface area contributed by atoms with Gasteiger partial charge in [0.25, 0.3) is 0 Å². The Morgan fingerprint density at radius 1 is 1.41 bits per heavy atom. The van der Waals surface area contributed by atoms with Crippen LogP contribution in [0.5, 0.6) is 5.75 Å². The predicted octanol–water partition coefficient (Wildman–Crippen LogP) is 3.24. The number of methoxy groups -OCH3 is 1. The quantitative estimate of drug-likeness (QED) is 0.828. The summed E-state index contributed by atoms with van der Waals surface area (Å²) in [5, 5.41) is 12.4. The molecule has 0 amide bonds. The summed E-state index contributed by atoms with van der Waals surface area (Å²) in [5.41, 5.74) is 0.257. The van der Waals surface area contributed by atoms with Gasteiger partial charge in [-0.3, -0.25) is 9.48 Å². The molecule has 1 aliphatic rings. The van der Waals surface area contributed by atoms with E-state index in [0.717, 1.165) is 22.7 Å². The van der Waals surface area contributed by atoms with Gasteiger partial charge >= 0.3 is 12.1 Å². The van der Waals surface area contributed by atoms with Crippen LogP contribution in [0.1, 0.15) is 17.7 Å². The van der Waals surface area contributed by atoms with Crippen LogP contribution in [-0.2, 0) is 28.7 Å². The summed E-state index contributed by atoms with van der Waals surface area (Å²) in [4.78, 5) is 11.0. The van der Waals surface area contributed by atoms with Crippen LogP contribution in [-0.4, -0.2) is 41.2 Å². The normalized spacial score (nSPS) is 17.3. The Balaban J connectivity index is 2.01. The van der Waals surface area contributed by atoms with E-state index in [-0.39, 0.29) is 5.69 Å². The number of carboxylic acid groups (broad SMARTS) is 1. The first-order chi connectivity index (χ1) is 12.8. The second kappa shape index (κ2) is 7.59. The molecule has 0 aliphatic carbocycles. The number of carbonyl (C=O) groups is 1. The van der Waals surface area contributed by atoms with Crippen LogP contribution in [0.25, 0.3) is 11.3 Å². The molecule has 1 aromatic carbocycles. The second-order valence-electron chi connectivity index (χ2n) is 6.42. The molecular formula is C18H19F3N2O4. The maximum Gasteiger partial charge on any atom is 0.435 e. The van der Waals surface area contributed by atoms with Gasteiger partial charge in [0.1, 0.15) is 12.3 Å². The summed E-state index contributed by atoms with van der Waals surface area (Å²) in [5.74, 6) is -0.334. The van der Waals surface area contributed by atoms with Gasteiger partial charge in [-0.05, 0) is 48.6 Å². The van der Waals surface area contributed by atoms with Crippen molar-refractivity contribution in [2.75, 3.05) is 20.3 Å². The molecule has 0 radical (unpaired) electrons. The van der Waals surface area contributed by atoms with Crippen molar-refractivity contribution in [3.05, 3.63) is 35.5 Å². The van der Waals surface area contributed by atoms with Gasteiger partial charge < -0.3 is 14.6 Å². The number of halogens is 3.